The third kappa shape index (κ3) is 4.31. The Morgan fingerprint density at radius 1 is 1.26 bits per heavy atom. The van der Waals surface area contributed by atoms with Gasteiger partial charge in [0.15, 0.2) is 5.82 Å². The van der Waals surface area contributed by atoms with Crippen LogP contribution >= 0.6 is 0 Å². The number of aromatic nitrogens is 2. The van der Waals surface area contributed by atoms with Crippen molar-refractivity contribution in [3.8, 4) is 0 Å². The van der Waals surface area contributed by atoms with Crippen LogP contribution in [-0.4, -0.2) is 46.6 Å². The molecule has 1 amide bonds. The van der Waals surface area contributed by atoms with E-state index >= 15 is 0 Å². The molecule has 2 atom stereocenters. The minimum atomic E-state index is 0.177. The van der Waals surface area contributed by atoms with Gasteiger partial charge >= 0.3 is 0 Å². The topological polar surface area (TPSA) is 71.3 Å². The van der Waals surface area contributed by atoms with Gasteiger partial charge in [0.25, 0.3) is 0 Å². The molecule has 128 valence electrons. The number of hydrogen-bond acceptors (Lipinski definition) is 5. The molecule has 0 radical (unpaired) electrons. The Hall–Kier alpha value is -1.43. The number of rotatable bonds is 4. The molecule has 23 heavy (non-hydrogen) atoms. The lowest BCUT2D eigenvalue weighted by atomic mass is 9.86. The van der Waals surface area contributed by atoms with Gasteiger partial charge in [-0.3, -0.25) is 9.69 Å². The van der Waals surface area contributed by atoms with Crippen LogP contribution < -0.4 is 5.32 Å². The molecule has 0 bridgehead atoms. The lowest BCUT2D eigenvalue weighted by Gasteiger charge is -2.32. The molecule has 2 unspecified atom stereocenters. The summed E-state index contributed by atoms with van der Waals surface area (Å²) in [4.78, 5) is 18.9. The van der Waals surface area contributed by atoms with Crippen LogP contribution in [0.1, 0.15) is 63.1 Å². The third-order valence-corrected chi connectivity index (χ3v) is 5.31. The van der Waals surface area contributed by atoms with E-state index in [9.17, 15) is 4.79 Å². The highest BCUT2D eigenvalue weighted by Crippen LogP contribution is 2.27. The fourth-order valence-electron chi connectivity index (χ4n) is 3.80. The summed E-state index contributed by atoms with van der Waals surface area (Å²) in [5, 5.41) is 7.11. The third-order valence-electron chi connectivity index (χ3n) is 5.31. The minimum Gasteiger partial charge on any atom is -0.352 e. The van der Waals surface area contributed by atoms with Gasteiger partial charge in [-0.1, -0.05) is 24.9 Å². The smallest absolute Gasteiger partial charge is 0.234 e. The van der Waals surface area contributed by atoms with E-state index in [-0.39, 0.29) is 5.91 Å². The predicted molar refractivity (Wildman–Crippen MR) is 87.0 cm³/mol. The predicted octanol–water partition coefficient (Wildman–Crippen LogP) is 2.25. The summed E-state index contributed by atoms with van der Waals surface area (Å²) in [6.07, 6.45) is 6.87. The van der Waals surface area contributed by atoms with E-state index in [0.717, 1.165) is 38.2 Å². The summed E-state index contributed by atoms with van der Waals surface area (Å²) in [5.41, 5.74) is 0. The van der Waals surface area contributed by atoms with E-state index < -0.39 is 0 Å². The van der Waals surface area contributed by atoms with Crippen LogP contribution in [0.2, 0.25) is 0 Å². The van der Waals surface area contributed by atoms with Crippen LogP contribution in [0.25, 0.3) is 0 Å². The molecule has 1 aromatic rings. The van der Waals surface area contributed by atoms with Gasteiger partial charge in [-0.2, -0.15) is 4.98 Å². The maximum Gasteiger partial charge on any atom is 0.234 e. The zero-order valence-electron chi connectivity index (χ0n) is 14.3. The zero-order valence-corrected chi connectivity index (χ0v) is 14.3. The Bertz CT molecular complexity index is 522. The van der Waals surface area contributed by atoms with Gasteiger partial charge in [0.2, 0.25) is 11.8 Å². The average Bonchev–Trinajstić information content (AvgIpc) is 2.97. The van der Waals surface area contributed by atoms with E-state index in [1.54, 1.807) is 0 Å². The fourth-order valence-corrected chi connectivity index (χ4v) is 3.80. The van der Waals surface area contributed by atoms with Crippen molar-refractivity contribution in [3.05, 3.63) is 11.7 Å². The maximum absolute atomic E-state index is 12.3. The number of piperidine rings is 1. The highest BCUT2D eigenvalue weighted by atomic mass is 16.5. The first-order valence-electron chi connectivity index (χ1n) is 8.93. The summed E-state index contributed by atoms with van der Waals surface area (Å²) < 4.78 is 5.27. The highest BCUT2D eigenvalue weighted by Gasteiger charge is 2.27. The lowest BCUT2D eigenvalue weighted by Crippen LogP contribution is -2.47. The minimum absolute atomic E-state index is 0.177. The Morgan fingerprint density at radius 2 is 2.00 bits per heavy atom. The van der Waals surface area contributed by atoms with Crippen LogP contribution in [-0.2, 0) is 4.79 Å². The van der Waals surface area contributed by atoms with Crippen LogP contribution in [0, 0.1) is 12.8 Å². The normalized spacial score (nSPS) is 27.0. The van der Waals surface area contributed by atoms with Crippen molar-refractivity contribution < 1.29 is 9.32 Å². The Morgan fingerprint density at radius 3 is 2.65 bits per heavy atom. The zero-order chi connectivity index (χ0) is 16.2. The lowest BCUT2D eigenvalue weighted by molar-refractivity contribution is -0.123. The second-order valence-corrected chi connectivity index (χ2v) is 7.17. The van der Waals surface area contributed by atoms with Crippen LogP contribution in [0.3, 0.4) is 0 Å². The molecule has 2 heterocycles. The Balaban J connectivity index is 1.42. The van der Waals surface area contributed by atoms with Gasteiger partial charge in [-0.15, -0.1) is 0 Å². The molecule has 2 aliphatic rings. The summed E-state index contributed by atoms with van der Waals surface area (Å²) in [5.74, 6) is 2.58. The summed E-state index contributed by atoms with van der Waals surface area (Å²) in [7, 11) is 0. The van der Waals surface area contributed by atoms with Crippen LogP contribution in [0.15, 0.2) is 4.52 Å². The number of likely N-dealkylation sites (tertiary alicyclic amines) is 1. The maximum atomic E-state index is 12.3. The van der Waals surface area contributed by atoms with E-state index in [4.69, 9.17) is 4.52 Å². The van der Waals surface area contributed by atoms with Crippen LogP contribution in [0.4, 0.5) is 0 Å². The molecule has 3 rings (SSSR count). The molecule has 1 saturated carbocycles. The molecule has 1 aliphatic carbocycles. The molecule has 6 heteroatoms. The van der Waals surface area contributed by atoms with Crippen molar-refractivity contribution in [2.45, 2.75) is 64.3 Å². The Labute approximate surface area is 138 Å². The first kappa shape index (κ1) is 16.4. The largest absolute Gasteiger partial charge is 0.352 e. The molecule has 0 spiro atoms. The number of aryl methyl sites for hydroxylation is 1. The van der Waals surface area contributed by atoms with E-state index in [2.05, 4.69) is 27.3 Å². The molecule has 1 N–H and O–H groups in total. The fraction of sp³-hybridized carbons (Fsp3) is 0.824. The first-order valence-corrected chi connectivity index (χ1v) is 8.93. The highest BCUT2D eigenvalue weighted by molar-refractivity contribution is 5.78. The standard InChI is InChI=1S/C17H28N4O2/c1-12-5-3-4-6-15(12)19-16(22)11-21-9-7-14(8-10-21)17-18-13(2)20-23-17/h12,14-15H,3-11H2,1-2H3,(H,19,22). The van der Waals surface area contributed by atoms with Crippen molar-refractivity contribution in [1.29, 1.82) is 0 Å². The molecule has 1 saturated heterocycles. The molecule has 0 aromatic carbocycles. The summed E-state index contributed by atoms with van der Waals surface area (Å²) >= 11 is 0. The second kappa shape index (κ2) is 7.43. The van der Waals surface area contributed by atoms with Gasteiger partial charge < -0.3 is 9.84 Å². The molecular weight excluding hydrogens is 292 g/mol. The monoisotopic (exact) mass is 320 g/mol. The number of carbonyl (C=O) groups is 1. The van der Waals surface area contributed by atoms with Crippen molar-refractivity contribution >= 4 is 5.91 Å². The molecular formula is C17H28N4O2. The summed E-state index contributed by atoms with van der Waals surface area (Å²) in [6.45, 7) is 6.44. The van der Waals surface area contributed by atoms with E-state index in [1.807, 2.05) is 6.92 Å². The van der Waals surface area contributed by atoms with Crippen molar-refractivity contribution in [3.63, 3.8) is 0 Å². The molecule has 6 nitrogen and oxygen atoms in total. The van der Waals surface area contributed by atoms with Crippen molar-refractivity contribution in [2.24, 2.45) is 5.92 Å². The first-order chi connectivity index (χ1) is 11.1. The number of nitrogens with one attached hydrogen (secondary N) is 1. The average molecular weight is 320 g/mol. The second-order valence-electron chi connectivity index (χ2n) is 7.17. The van der Waals surface area contributed by atoms with Crippen molar-refractivity contribution in [2.75, 3.05) is 19.6 Å². The van der Waals surface area contributed by atoms with Crippen molar-refractivity contribution in [1.82, 2.24) is 20.4 Å². The SMILES string of the molecule is Cc1noc(C2CCN(CC(=O)NC3CCCCC3C)CC2)n1. The number of nitrogens with zero attached hydrogens (tertiary/aromatic N) is 3. The number of carbonyl (C=O) groups excluding carboxylic acids is 1. The van der Waals surface area contributed by atoms with Gasteiger partial charge in [0, 0.05) is 12.0 Å². The summed E-state index contributed by atoms with van der Waals surface area (Å²) in [6, 6.07) is 0.371. The van der Waals surface area contributed by atoms with Gasteiger partial charge in [-0.05, 0) is 51.6 Å². The number of amides is 1. The molecule has 2 fully saturated rings. The van der Waals surface area contributed by atoms with E-state index in [1.165, 1.54) is 19.3 Å². The van der Waals surface area contributed by atoms with Gasteiger partial charge in [0.05, 0.1) is 6.54 Å². The Kier molecular flexibility index (Phi) is 5.30. The van der Waals surface area contributed by atoms with Gasteiger partial charge in [0.1, 0.15) is 0 Å². The quantitative estimate of drug-likeness (QED) is 0.921. The van der Waals surface area contributed by atoms with Gasteiger partial charge in [-0.25, -0.2) is 0 Å². The van der Waals surface area contributed by atoms with Crippen LogP contribution in [0.5, 0.6) is 0 Å². The molecule has 1 aliphatic heterocycles. The number of hydrogen-bond donors (Lipinski definition) is 1. The molecule has 1 aromatic heterocycles. The van der Waals surface area contributed by atoms with E-state index in [0.29, 0.717) is 30.2 Å².